The van der Waals surface area contributed by atoms with Crippen LogP contribution in [-0.4, -0.2) is 18.2 Å². The van der Waals surface area contributed by atoms with E-state index in [1.807, 2.05) is 60.7 Å². The molecule has 0 saturated heterocycles. The van der Waals surface area contributed by atoms with Gasteiger partial charge in [0.15, 0.2) is 5.78 Å². The molecule has 0 radical (unpaired) electrons. The summed E-state index contributed by atoms with van der Waals surface area (Å²) in [5, 5.41) is 0.538. The topological polar surface area (TPSA) is 74.6 Å². The maximum Gasteiger partial charge on any atom is 0.268 e. The van der Waals surface area contributed by atoms with Crippen molar-refractivity contribution in [1.29, 1.82) is 0 Å². The molecule has 1 aromatic heterocycles. The number of hydrogen-bond donors (Lipinski definition) is 0. The van der Waals surface area contributed by atoms with Crippen molar-refractivity contribution >= 4 is 26.7 Å². The minimum Gasteiger partial charge on any atom is -0.294 e. The van der Waals surface area contributed by atoms with Crippen LogP contribution in [0.4, 0.5) is 0 Å². The van der Waals surface area contributed by atoms with Gasteiger partial charge in [-0.2, -0.15) is 0 Å². The molecule has 0 aliphatic carbocycles. The van der Waals surface area contributed by atoms with E-state index in [2.05, 4.69) is 0 Å². The van der Waals surface area contributed by atoms with E-state index in [1.54, 1.807) is 36.4 Å². The van der Waals surface area contributed by atoms with Gasteiger partial charge in [-0.1, -0.05) is 84.9 Å². The average Bonchev–Trinajstić information content (AvgIpc) is 3.33. The summed E-state index contributed by atoms with van der Waals surface area (Å²) in [6.45, 7) is 1.53. The van der Waals surface area contributed by atoms with E-state index in [4.69, 9.17) is 9.78 Å². The highest BCUT2D eigenvalue weighted by Gasteiger charge is 2.23. The van der Waals surface area contributed by atoms with Crippen LogP contribution in [-0.2, 0) is 26.4 Å². The Kier molecular flexibility index (Phi) is 7.01. The molecule has 0 saturated carbocycles. The van der Waals surface area contributed by atoms with Gasteiger partial charge >= 0.3 is 0 Å². The molecule has 0 aliphatic rings. The standard InChI is InChI=1S/C30H25NO5S/c1-22(32)28-20-31(37(33,34)26-15-9-4-10-16-26)29-18-17-23(19-27(28)29)21-35-36-30(24-11-5-2-6-12-24)25-13-7-3-8-14-25/h2-20,30H,21H2,1H3. The number of Topliss-reactive ketones (excluding diaryl/α,β-unsaturated/α-hetero) is 1. The second-order valence-electron chi connectivity index (χ2n) is 8.62. The Balaban J connectivity index is 1.43. The summed E-state index contributed by atoms with van der Waals surface area (Å²) in [5.41, 5.74) is 3.39. The lowest BCUT2D eigenvalue weighted by molar-refractivity contribution is -0.327. The molecule has 0 aliphatic heterocycles. The van der Waals surface area contributed by atoms with E-state index in [1.165, 1.54) is 25.3 Å². The molecule has 186 valence electrons. The van der Waals surface area contributed by atoms with Crippen molar-refractivity contribution in [2.24, 2.45) is 0 Å². The maximum absolute atomic E-state index is 13.3. The molecule has 0 amide bonds. The molecule has 0 fully saturated rings. The van der Waals surface area contributed by atoms with Gasteiger partial charge in [0, 0.05) is 17.1 Å². The van der Waals surface area contributed by atoms with Gasteiger partial charge < -0.3 is 0 Å². The predicted molar refractivity (Wildman–Crippen MR) is 142 cm³/mol. The number of nitrogens with zero attached hydrogens (tertiary/aromatic N) is 1. The fraction of sp³-hybridized carbons (Fsp3) is 0.100. The van der Waals surface area contributed by atoms with Crippen LogP contribution in [0, 0.1) is 0 Å². The lowest BCUT2D eigenvalue weighted by Crippen LogP contribution is -2.11. The first-order valence-electron chi connectivity index (χ1n) is 11.8. The SMILES string of the molecule is CC(=O)c1cn(S(=O)(=O)c2ccccc2)c2ccc(COOC(c3ccccc3)c3ccccc3)cc12. The van der Waals surface area contributed by atoms with Crippen LogP contribution in [0.25, 0.3) is 10.9 Å². The van der Waals surface area contributed by atoms with E-state index in [0.29, 0.717) is 16.5 Å². The highest BCUT2D eigenvalue weighted by Crippen LogP contribution is 2.29. The quantitative estimate of drug-likeness (QED) is 0.132. The van der Waals surface area contributed by atoms with Gasteiger partial charge in [0.2, 0.25) is 0 Å². The fourth-order valence-corrected chi connectivity index (χ4v) is 5.64. The number of benzene rings is 4. The number of aromatic nitrogens is 1. The summed E-state index contributed by atoms with van der Waals surface area (Å²) in [7, 11) is -3.87. The molecule has 0 bridgehead atoms. The van der Waals surface area contributed by atoms with Crippen LogP contribution < -0.4 is 0 Å². The van der Waals surface area contributed by atoms with Crippen LogP contribution in [0.5, 0.6) is 0 Å². The van der Waals surface area contributed by atoms with Crippen molar-refractivity contribution < 1.29 is 23.0 Å². The summed E-state index contributed by atoms with van der Waals surface area (Å²) in [5.74, 6) is -0.227. The second-order valence-corrected chi connectivity index (χ2v) is 10.4. The Morgan fingerprint density at radius 2 is 1.38 bits per heavy atom. The highest BCUT2D eigenvalue weighted by atomic mass is 32.2. The average molecular weight is 512 g/mol. The summed E-state index contributed by atoms with van der Waals surface area (Å²) in [6.07, 6.45) is 0.966. The lowest BCUT2D eigenvalue weighted by Gasteiger charge is -2.17. The monoisotopic (exact) mass is 511 g/mol. The fourth-order valence-electron chi connectivity index (χ4n) is 4.25. The predicted octanol–water partition coefficient (Wildman–Crippen LogP) is 6.32. The van der Waals surface area contributed by atoms with Gasteiger partial charge in [-0.25, -0.2) is 22.2 Å². The molecule has 1 heterocycles. The summed E-state index contributed by atoms with van der Waals surface area (Å²) in [6, 6.07) is 32.9. The molecule has 5 rings (SSSR count). The van der Waals surface area contributed by atoms with E-state index >= 15 is 0 Å². The molecule has 4 aromatic carbocycles. The third-order valence-corrected chi connectivity index (χ3v) is 7.80. The van der Waals surface area contributed by atoms with E-state index in [9.17, 15) is 13.2 Å². The zero-order valence-electron chi connectivity index (χ0n) is 20.2. The molecule has 0 spiro atoms. The number of carbonyl (C=O) groups is 1. The van der Waals surface area contributed by atoms with Crippen LogP contribution in [0.1, 0.15) is 40.1 Å². The van der Waals surface area contributed by atoms with Gasteiger partial charge in [-0.3, -0.25) is 4.79 Å². The Bertz CT molecular complexity index is 1590. The smallest absolute Gasteiger partial charge is 0.268 e. The molecule has 6 nitrogen and oxygen atoms in total. The number of ketones is 1. The van der Waals surface area contributed by atoms with E-state index in [0.717, 1.165) is 20.7 Å². The third-order valence-electron chi connectivity index (χ3n) is 6.11. The van der Waals surface area contributed by atoms with Gasteiger partial charge in [0.1, 0.15) is 12.7 Å². The number of rotatable bonds is 9. The molecule has 37 heavy (non-hydrogen) atoms. The van der Waals surface area contributed by atoms with Gasteiger partial charge in [0.25, 0.3) is 10.0 Å². The van der Waals surface area contributed by atoms with Gasteiger partial charge in [0.05, 0.1) is 10.4 Å². The Hall–Kier alpha value is -4.04. The summed E-state index contributed by atoms with van der Waals surface area (Å²) >= 11 is 0. The maximum atomic E-state index is 13.3. The first-order valence-corrected chi connectivity index (χ1v) is 13.2. The molecule has 5 aromatic rings. The van der Waals surface area contributed by atoms with Crippen molar-refractivity contribution in [2.45, 2.75) is 24.5 Å². The number of hydrogen-bond acceptors (Lipinski definition) is 5. The molecule has 7 heteroatoms. The largest absolute Gasteiger partial charge is 0.294 e. The van der Waals surface area contributed by atoms with Gasteiger partial charge in [-0.05, 0) is 47.9 Å². The van der Waals surface area contributed by atoms with Gasteiger partial charge in [-0.15, -0.1) is 0 Å². The Morgan fingerprint density at radius 3 is 1.95 bits per heavy atom. The summed E-state index contributed by atoms with van der Waals surface area (Å²) in [4.78, 5) is 24.1. The molecule has 0 atom stereocenters. The van der Waals surface area contributed by atoms with Crippen molar-refractivity contribution in [2.75, 3.05) is 0 Å². The van der Waals surface area contributed by atoms with E-state index < -0.39 is 16.1 Å². The molecular formula is C30H25NO5S. The van der Waals surface area contributed by atoms with E-state index in [-0.39, 0.29) is 17.3 Å². The van der Waals surface area contributed by atoms with Crippen molar-refractivity contribution in [3.05, 3.63) is 138 Å². The Labute approximate surface area is 215 Å². The van der Waals surface area contributed by atoms with Crippen molar-refractivity contribution in [1.82, 2.24) is 3.97 Å². The minimum absolute atomic E-state index is 0.111. The van der Waals surface area contributed by atoms with Crippen LogP contribution in [0.15, 0.2) is 120 Å². The molecule has 0 N–H and O–H groups in total. The highest BCUT2D eigenvalue weighted by molar-refractivity contribution is 7.90. The number of carbonyl (C=O) groups excluding carboxylic acids is 1. The summed E-state index contributed by atoms with van der Waals surface area (Å²) < 4.78 is 27.7. The van der Waals surface area contributed by atoms with Crippen molar-refractivity contribution in [3.8, 4) is 0 Å². The normalized spacial score (nSPS) is 11.7. The van der Waals surface area contributed by atoms with Crippen LogP contribution >= 0.6 is 0 Å². The minimum atomic E-state index is -3.87. The molecule has 0 unspecified atom stereocenters. The Morgan fingerprint density at radius 1 is 0.811 bits per heavy atom. The first kappa shape index (κ1) is 24.6. The van der Waals surface area contributed by atoms with Crippen LogP contribution in [0.3, 0.4) is 0 Å². The van der Waals surface area contributed by atoms with Crippen LogP contribution in [0.2, 0.25) is 0 Å². The first-order chi connectivity index (χ1) is 17.9. The third kappa shape index (κ3) is 5.11. The molecular weight excluding hydrogens is 486 g/mol. The second kappa shape index (κ2) is 10.5. The zero-order chi connectivity index (χ0) is 25.8. The lowest BCUT2D eigenvalue weighted by atomic mass is 10.0. The van der Waals surface area contributed by atoms with Crippen molar-refractivity contribution in [3.63, 3.8) is 0 Å². The number of fused-ring (bicyclic) bond motifs is 1. The zero-order valence-corrected chi connectivity index (χ0v) is 21.0.